The molecule has 1 aliphatic heterocycles. The van der Waals surface area contributed by atoms with Crippen molar-refractivity contribution in [1.82, 2.24) is 9.62 Å². The van der Waals surface area contributed by atoms with Gasteiger partial charge in [-0.15, -0.1) is 0 Å². The zero-order chi connectivity index (χ0) is 30.0. The van der Waals surface area contributed by atoms with E-state index in [-0.39, 0.29) is 22.4 Å². The molecule has 222 valence electrons. The smallest absolute Gasteiger partial charge is 0.330 e. The minimum atomic E-state index is -4.03. The van der Waals surface area contributed by atoms with Crippen molar-refractivity contribution < 1.29 is 23.1 Å². The van der Waals surface area contributed by atoms with E-state index >= 15 is 0 Å². The van der Waals surface area contributed by atoms with Crippen LogP contribution < -0.4 is 15.5 Å². The summed E-state index contributed by atoms with van der Waals surface area (Å²) in [5.74, 6) is -1.80. The molecule has 42 heavy (non-hydrogen) atoms. The highest BCUT2D eigenvalue weighted by molar-refractivity contribution is 7.89. The normalized spacial score (nSPS) is 19.8. The molecule has 1 fully saturated rings. The van der Waals surface area contributed by atoms with Gasteiger partial charge < -0.3 is 20.6 Å². The van der Waals surface area contributed by atoms with Gasteiger partial charge >= 0.3 is 5.97 Å². The lowest BCUT2D eigenvalue weighted by Gasteiger charge is -2.36. The van der Waals surface area contributed by atoms with Crippen molar-refractivity contribution in [2.45, 2.75) is 49.1 Å². The van der Waals surface area contributed by atoms with E-state index in [9.17, 15) is 23.1 Å². The number of carboxylic acids is 1. The number of hydrogen-bond donors (Lipinski definition) is 3. The molecule has 2 aliphatic rings. The van der Waals surface area contributed by atoms with Crippen LogP contribution in [0.2, 0.25) is 5.02 Å². The van der Waals surface area contributed by atoms with Gasteiger partial charge in [-0.2, -0.15) is 4.31 Å². The lowest BCUT2D eigenvalue weighted by molar-refractivity contribution is -0.139. The standard InChI is InChI=1S/C31H35ClN4O5S/c1-33-25-18-26-28(17-24(25)30(37)34-29(31(38)39)21-12-9-13-22(32)16-21)42(40,41)35(2)27(20-10-5-3-6-11-20)19-36(26)23-14-7-4-8-15-23/h4,7-9,12-18,20,27,29,33H,3,5-6,10-11,19H2,1-2H3,(H,34,37)(H,38,39)/t27-,29+/m0/s1. The van der Waals surface area contributed by atoms with Crippen LogP contribution in [0.4, 0.5) is 17.1 Å². The van der Waals surface area contributed by atoms with Crippen LogP contribution in [0.1, 0.15) is 54.1 Å². The molecule has 3 aromatic carbocycles. The Kier molecular flexibility index (Phi) is 8.77. The number of carbonyl (C=O) groups excluding carboxylic acids is 1. The Bertz CT molecular complexity index is 1580. The third kappa shape index (κ3) is 5.84. The topological polar surface area (TPSA) is 119 Å². The predicted molar refractivity (Wildman–Crippen MR) is 164 cm³/mol. The Morgan fingerprint density at radius 2 is 1.71 bits per heavy atom. The SMILES string of the molecule is CNc1cc2c(cc1C(=O)N[C@@H](C(=O)O)c1cccc(Cl)c1)S(=O)(=O)N(C)[C@H](C1CCCCC1)CN2c1ccccc1. The van der Waals surface area contributed by atoms with Crippen LogP contribution in [0.15, 0.2) is 71.6 Å². The largest absolute Gasteiger partial charge is 0.479 e. The molecular weight excluding hydrogens is 576 g/mol. The van der Waals surface area contributed by atoms with Crippen molar-refractivity contribution >= 4 is 50.6 Å². The van der Waals surface area contributed by atoms with Crippen LogP contribution in [0.3, 0.4) is 0 Å². The second-order valence-corrected chi connectivity index (χ2v) is 13.3. The fraction of sp³-hybridized carbons (Fsp3) is 0.355. The third-order valence-electron chi connectivity index (χ3n) is 8.36. The highest BCUT2D eigenvalue weighted by Gasteiger charge is 2.41. The van der Waals surface area contributed by atoms with E-state index in [2.05, 4.69) is 10.6 Å². The summed E-state index contributed by atoms with van der Waals surface area (Å²) in [5, 5.41) is 15.8. The van der Waals surface area contributed by atoms with Gasteiger partial charge in [0.1, 0.15) is 4.90 Å². The molecule has 1 aliphatic carbocycles. The lowest BCUT2D eigenvalue weighted by atomic mass is 9.83. The number of sulfonamides is 1. The van der Waals surface area contributed by atoms with E-state index in [1.54, 1.807) is 38.4 Å². The highest BCUT2D eigenvalue weighted by Crippen LogP contribution is 2.43. The van der Waals surface area contributed by atoms with Gasteiger partial charge in [-0.25, -0.2) is 13.2 Å². The number of carbonyl (C=O) groups is 2. The number of para-hydroxylation sites is 1. The van der Waals surface area contributed by atoms with E-state index in [1.165, 1.54) is 16.4 Å². The molecule has 0 radical (unpaired) electrons. The van der Waals surface area contributed by atoms with Gasteiger partial charge in [-0.3, -0.25) is 4.79 Å². The zero-order valence-electron chi connectivity index (χ0n) is 23.6. The molecule has 1 saturated carbocycles. The molecule has 9 nitrogen and oxygen atoms in total. The average Bonchev–Trinajstić information content (AvgIpc) is 3.07. The van der Waals surface area contributed by atoms with Crippen LogP contribution in [-0.2, 0) is 14.8 Å². The summed E-state index contributed by atoms with van der Waals surface area (Å²) >= 11 is 6.08. The summed E-state index contributed by atoms with van der Waals surface area (Å²) in [7, 11) is -0.769. The van der Waals surface area contributed by atoms with Gasteiger partial charge in [-0.1, -0.05) is 61.2 Å². The number of amides is 1. The Morgan fingerprint density at radius 3 is 2.36 bits per heavy atom. The minimum Gasteiger partial charge on any atom is -0.479 e. The van der Waals surface area contributed by atoms with Crippen LogP contribution in [0, 0.1) is 5.92 Å². The summed E-state index contributed by atoms with van der Waals surface area (Å²) in [6.07, 6.45) is 5.20. The lowest BCUT2D eigenvalue weighted by Crippen LogP contribution is -2.46. The zero-order valence-corrected chi connectivity index (χ0v) is 25.2. The Hall–Kier alpha value is -3.60. The number of fused-ring (bicyclic) bond motifs is 1. The van der Waals surface area contributed by atoms with Crippen molar-refractivity contribution in [3.8, 4) is 0 Å². The molecule has 5 rings (SSSR count). The van der Waals surface area contributed by atoms with Crippen LogP contribution in [0.5, 0.6) is 0 Å². The predicted octanol–water partition coefficient (Wildman–Crippen LogP) is 5.66. The van der Waals surface area contributed by atoms with Crippen LogP contribution in [-0.4, -0.2) is 56.4 Å². The number of hydrogen-bond acceptors (Lipinski definition) is 6. The Morgan fingerprint density at radius 1 is 1.00 bits per heavy atom. The molecule has 11 heteroatoms. The fourth-order valence-corrected chi connectivity index (χ4v) is 7.92. The van der Waals surface area contributed by atoms with E-state index in [1.807, 2.05) is 35.2 Å². The first-order valence-corrected chi connectivity index (χ1v) is 15.9. The highest BCUT2D eigenvalue weighted by atomic mass is 35.5. The second kappa shape index (κ2) is 12.3. The molecule has 2 atom stereocenters. The van der Waals surface area contributed by atoms with Crippen molar-refractivity contribution in [3.05, 3.63) is 82.9 Å². The van der Waals surface area contributed by atoms with Gasteiger partial charge in [0.05, 0.1) is 11.3 Å². The van der Waals surface area contributed by atoms with Crippen molar-refractivity contribution in [2.24, 2.45) is 5.92 Å². The number of benzene rings is 3. The molecule has 3 N–H and O–H groups in total. The van der Waals surface area contributed by atoms with E-state index in [0.29, 0.717) is 28.5 Å². The van der Waals surface area contributed by atoms with Crippen molar-refractivity contribution in [3.63, 3.8) is 0 Å². The number of nitrogens with one attached hydrogen (secondary N) is 2. The summed E-state index contributed by atoms with van der Waals surface area (Å²) in [6.45, 7) is 0.460. The Labute approximate surface area is 251 Å². The van der Waals surface area contributed by atoms with Gasteiger partial charge in [0.2, 0.25) is 10.0 Å². The molecule has 0 unspecified atom stereocenters. The van der Waals surface area contributed by atoms with Gasteiger partial charge in [0, 0.05) is 43.1 Å². The van der Waals surface area contributed by atoms with Gasteiger partial charge in [0.15, 0.2) is 6.04 Å². The monoisotopic (exact) mass is 610 g/mol. The van der Waals surface area contributed by atoms with Crippen molar-refractivity contribution in [1.29, 1.82) is 0 Å². The van der Waals surface area contributed by atoms with Crippen LogP contribution in [0.25, 0.3) is 0 Å². The summed E-state index contributed by atoms with van der Waals surface area (Å²) in [4.78, 5) is 27.8. The minimum absolute atomic E-state index is 0.00839. The van der Waals surface area contributed by atoms with Crippen LogP contribution >= 0.6 is 11.6 Å². The number of anilines is 3. The second-order valence-electron chi connectivity index (χ2n) is 10.8. The Balaban J connectivity index is 1.62. The molecule has 1 heterocycles. The van der Waals surface area contributed by atoms with Gasteiger partial charge in [0.25, 0.3) is 5.91 Å². The van der Waals surface area contributed by atoms with E-state index in [4.69, 9.17) is 11.6 Å². The van der Waals surface area contributed by atoms with Crippen molar-refractivity contribution in [2.75, 3.05) is 30.9 Å². The number of aliphatic carboxylic acids is 1. The quantitative estimate of drug-likeness (QED) is 0.316. The summed E-state index contributed by atoms with van der Waals surface area (Å²) in [5.41, 5.74) is 1.98. The van der Waals surface area contributed by atoms with E-state index in [0.717, 1.165) is 37.8 Å². The number of likely N-dealkylation sites (N-methyl/N-ethyl adjacent to an activating group) is 1. The fourth-order valence-electron chi connectivity index (χ4n) is 6.11. The third-order valence-corrected chi connectivity index (χ3v) is 10.5. The summed E-state index contributed by atoms with van der Waals surface area (Å²) in [6, 6.07) is 17.2. The molecule has 1 amide bonds. The number of rotatable bonds is 7. The number of halogens is 1. The first kappa shape index (κ1) is 29.9. The molecule has 0 spiro atoms. The summed E-state index contributed by atoms with van der Waals surface area (Å²) < 4.78 is 30.0. The number of nitrogens with zero attached hydrogens (tertiary/aromatic N) is 2. The maximum absolute atomic E-state index is 14.3. The van der Waals surface area contributed by atoms with Gasteiger partial charge in [-0.05, 0) is 60.7 Å². The maximum atomic E-state index is 14.3. The first-order valence-electron chi connectivity index (χ1n) is 14.1. The molecule has 0 aromatic heterocycles. The average molecular weight is 611 g/mol. The molecule has 0 saturated heterocycles. The maximum Gasteiger partial charge on any atom is 0.330 e. The molecular formula is C31H35ClN4O5S. The molecule has 0 bridgehead atoms. The van der Waals surface area contributed by atoms with E-state index < -0.39 is 27.9 Å². The molecule has 3 aromatic rings. The number of carboxylic acid groups (broad SMARTS) is 1. The first-order chi connectivity index (χ1) is 20.1.